The molecule has 0 spiro atoms. The molecule has 0 aromatic heterocycles. The first-order valence-electron chi connectivity index (χ1n) is 7.51. The van der Waals surface area contributed by atoms with Crippen molar-refractivity contribution in [3.8, 4) is 11.5 Å². The number of hydrogen-bond acceptors (Lipinski definition) is 7. The van der Waals surface area contributed by atoms with Gasteiger partial charge in [0.15, 0.2) is 0 Å². The number of hydrogen-bond donors (Lipinski definition) is 1. The highest BCUT2D eigenvalue weighted by Crippen LogP contribution is 2.53. The van der Waals surface area contributed by atoms with Crippen LogP contribution >= 0.6 is 18.2 Å². The van der Waals surface area contributed by atoms with Crippen molar-refractivity contribution in [3.05, 3.63) is 24.3 Å². The number of ether oxygens (including phenoxy) is 1. The molecule has 1 unspecified atom stereocenters. The predicted octanol–water partition coefficient (Wildman–Crippen LogP) is 3.92. The topological polar surface area (TPSA) is 83.1 Å². The van der Waals surface area contributed by atoms with Gasteiger partial charge in [0, 0.05) is 11.2 Å². The molecule has 1 aromatic rings. The lowest BCUT2D eigenvalue weighted by Gasteiger charge is -2.20. The average molecular weight is 380 g/mol. The van der Waals surface area contributed by atoms with E-state index in [-0.39, 0.29) is 11.7 Å². The maximum absolute atomic E-state index is 12.2. The van der Waals surface area contributed by atoms with E-state index in [1.165, 1.54) is 19.2 Å². The number of carbonyl (C=O) groups excluding carboxylic acids is 1. The number of halogens is 1. The monoisotopic (exact) mass is 379 g/mol. The first-order valence-corrected chi connectivity index (χ1v) is 9.96. The molecular weight excluding hydrogens is 357 g/mol. The van der Waals surface area contributed by atoms with E-state index in [1.54, 1.807) is 19.1 Å². The molecule has 136 valence electrons. The minimum absolute atomic E-state index is 0.188. The van der Waals surface area contributed by atoms with Crippen LogP contribution in [0.5, 0.6) is 11.5 Å². The number of methoxy groups -OCH3 is 1. The zero-order valence-electron chi connectivity index (χ0n) is 14.2. The van der Waals surface area contributed by atoms with Crippen molar-refractivity contribution in [2.24, 2.45) is 5.92 Å². The van der Waals surface area contributed by atoms with Crippen LogP contribution in [-0.4, -0.2) is 25.7 Å². The molecule has 0 saturated heterocycles. The van der Waals surface area contributed by atoms with Gasteiger partial charge in [-0.1, -0.05) is 13.8 Å². The Labute approximate surface area is 146 Å². The fourth-order valence-corrected chi connectivity index (χ4v) is 3.00. The lowest BCUT2D eigenvalue weighted by Crippen LogP contribution is -2.38. The second-order valence-corrected chi connectivity index (χ2v) is 7.81. The van der Waals surface area contributed by atoms with Crippen LogP contribution in [0, 0.1) is 5.92 Å². The zero-order valence-corrected chi connectivity index (χ0v) is 15.8. The van der Waals surface area contributed by atoms with Crippen molar-refractivity contribution in [1.29, 1.82) is 0 Å². The van der Waals surface area contributed by atoms with E-state index in [1.807, 2.05) is 13.8 Å². The minimum atomic E-state index is -4.14. The van der Waals surface area contributed by atoms with Crippen LogP contribution in [0.15, 0.2) is 24.3 Å². The molecule has 1 aromatic carbocycles. The Kier molecular flexibility index (Phi) is 8.56. The Morgan fingerprint density at radius 1 is 1.25 bits per heavy atom. The van der Waals surface area contributed by atoms with Crippen LogP contribution in [0.4, 0.5) is 0 Å². The Hall–Kier alpha value is -1.27. The molecule has 0 aliphatic carbocycles. The maximum Gasteiger partial charge on any atom is 0.532 e. The smallest absolute Gasteiger partial charge is 0.497 e. The molecule has 0 heterocycles. The van der Waals surface area contributed by atoms with Crippen molar-refractivity contribution < 1.29 is 28.0 Å². The van der Waals surface area contributed by atoms with E-state index in [0.29, 0.717) is 18.8 Å². The van der Waals surface area contributed by atoms with Crippen LogP contribution < -0.4 is 14.7 Å². The van der Waals surface area contributed by atoms with Crippen molar-refractivity contribution in [2.75, 3.05) is 13.7 Å². The molecule has 1 rings (SSSR count). The van der Waals surface area contributed by atoms with Crippen LogP contribution in [0.2, 0.25) is 0 Å². The van der Waals surface area contributed by atoms with Crippen molar-refractivity contribution >= 4 is 24.2 Å². The van der Waals surface area contributed by atoms with Crippen molar-refractivity contribution in [1.82, 2.24) is 5.48 Å². The van der Waals surface area contributed by atoms with E-state index in [0.717, 1.165) is 0 Å². The molecule has 2 atom stereocenters. The molecule has 1 N–H and O–H groups in total. The molecule has 0 bridgehead atoms. The van der Waals surface area contributed by atoms with Gasteiger partial charge in [-0.15, -0.1) is 0 Å². The van der Waals surface area contributed by atoms with E-state index >= 15 is 0 Å². The summed E-state index contributed by atoms with van der Waals surface area (Å²) in [5.74, 6) is 0.179. The van der Waals surface area contributed by atoms with Crippen LogP contribution in [0.3, 0.4) is 0 Å². The first kappa shape index (κ1) is 20.8. The average Bonchev–Trinajstić information content (AvgIpc) is 2.50. The van der Waals surface area contributed by atoms with E-state index < -0.39 is 19.0 Å². The molecule has 0 amide bonds. The molecule has 0 fully saturated rings. The molecule has 7 nitrogen and oxygen atoms in total. The third-order valence-corrected chi connectivity index (χ3v) is 4.08. The summed E-state index contributed by atoms with van der Waals surface area (Å²) < 4.78 is 27.1. The number of rotatable bonds is 10. The van der Waals surface area contributed by atoms with Gasteiger partial charge in [-0.05, 0) is 43.5 Å². The highest BCUT2D eigenvalue weighted by molar-refractivity contribution is 7.82. The number of carbonyl (C=O) groups is 1. The fraction of sp³-hybridized carbons (Fsp3) is 0.533. The van der Waals surface area contributed by atoms with Gasteiger partial charge in [0.05, 0.1) is 13.7 Å². The van der Waals surface area contributed by atoms with Crippen LogP contribution in [0.25, 0.3) is 0 Å². The second kappa shape index (κ2) is 9.89. The van der Waals surface area contributed by atoms with E-state index in [4.69, 9.17) is 29.9 Å². The highest BCUT2D eigenvalue weighted by atomic mass is 35.7. The third kappa shape index (κ3) is 7.53. The van der Waals surface area contributed by atoms with Crippen LogP contribution in [0.1, 0.15) is 27.2 Å². The van der Waals surface area contributed by atoms with E-state index in [2.05, 4.69) is 5.48 Å². The molecule has 0 saturated carbocycles. The Bertz CT molecular complexity index is 566. The van der Waals surface area contributed by atoms with Gasteiger partial charge in [0.25, 0.3) is 0 Å². The van der Waals surface area contributed by atoms with Gasteiger partial charge in [0.2, 0.25) is 0 Å². The van der Waals surface area contributed by atoms with Gasteiger partial charge in [-0.25, -0.2) is 9.36 Å². The van der Waals surface area contributed by atoms with Gasteiger partial charge in [-0.2, -0.15) is 5.48 Å². The molecule has 9 heteroatoms. The summed E-state index contributed by atoms with van der Waals surface area (Å²) in [5.41, 5.74) is 2.58. The number of nitrogens with one attached hydrogen (secondary N) is 1. The van der Waals surface area contributed by atoms with Gasteiger partial charge in [-0.3, -0.25) is 0 Å². The molecule has 24 heavy (non-hydrogen) atoms. The Morgan fingerprint density at radius 2 is 1.83 bits per heavy atom. The summed E-state index contributed by atoms with van der Waals surface area (Å²) in [5, 5.41) is 0. The van der Waals surface area contributed by atoms with Gasteiger partial charge < -0.3 is 18.6 Å². The summed E-state index contributed by atoms with van der Waals surface area (Å²) >= 11 is 5.74. The van der Waals surface area contributed by atoms with Crippen molar-refractivity contribution in [3.63, 3.8) is 0 Å². The van der Waals surface area contributed by atoms with E-state index in [9.17, 15) is 9.36 Å². The minimum Gasteiger partial charge on any atom is -0.497 e. The summed E-state index contributed by atoms with van der Waals surface area (Å²) in [6.45, 7) is 1.86. The number of benzene rings is 1. The maximum atomic E-state index is 12.2. The lowest BCUT2D eigenvalue weighted by atomic mass is 10.1. The van der Waals surface area contributed by atoms with Crippen molar-refractivity contribution in [2.45, 2.75) is 33.2 Å². The standard InChI is InChI=1S/C15H23ClNO6P/c1-5-21-17-14(10-11(2)3)15(18)23-24(16,19)22-13-8-6-12(20-4)7-9-13/h6-9,11,14,17H,5,10H2,1-4H3/t14-,24?/m0/s1. The normalized spacial score (nSPS) is 14.8. The van der Waals surface area contributed by atoms with Crippen LogP contribution in [-0.2, 0) is 18.7 Å². The van der Waals surface area contributed by atoms with Gasteiger partial charge in [0.1, 0.15) is 17.5 Å². The second-order valence-electron chi connectivity index (χ2n) is 5.34. The summed E-state index contributed by atoms with van der Waals surface area (Å²) in [4.78, 5) is 17.2. The SMILES string of the molecule is CCON[C@@H](CC(C)C)C(=O)OP(=O)(Cl)Oc1ccc(OC)cc1. The quantitative estimate of drug-likeness (QED) is 0.487. The molecule has 0 radical (unpaired) electrons. The lowest BCUT2D eigenvalue weighted by molar-refractivity contribution is -0.142. The molecule has 0 aliphatic rings. The highest BCUT2D eigenvalue weighted by Gasteiger charge is 2.32. The molecular formula is C15H23ClNO6P. The summed E-state index contributed by atoms with van der Waals surface area (Å²) in [6, 6.07) is 5.42. The third-order valence-electron chi connectivity index (χ3n) is 2.83. The number of hydroxylamine groups is 1. The summed E-state index contributed by atoms with van der Waals surface area (Å²) in [7, 11) is 1.52. The predicted molar refractivity (Wildman–Crippen MR) is 91.2 cm³/mol. The largest absolute Gasteiger partial charge is 0.532 e. The Balaban J connectivity index is 2.70. The fourth-order valence-electron chi connectivity index (χ4n) is 1.80. The van der Waals surface area contributed by atoms with Gasteiger partial charge >= 0.3 is 12.9 Å². The molecule has 0 aliphatic heterocycles. The Morgan fingerprint density at radius 3 is 2.33 bits per heavy atom. The summed E-state index contributed by atoms with van der Waals surface area (Å²) in [6.07, 6.45) is 0.429. The zero-order chi connectivity index (χ0) is 18.2. The first-order chi connectivity index (χ1) is 11.3.